The van der Waals surface area contributed by atoms with Crippen LogP contribution in [0.1, 0.15) is 98.8 Å². The van der Waals surface area contributed by atoms with Gasteiger partial charge in [0.1, 0.15) is 5.76 Å². The normalized spacial score (nSPS) is 40.4. The minimum Gasteiger partial charge on any atom is -0.431 e. The largest absolute Gasteiger partial charge is 0.431 e. The Labute approximate surface area is 178 Å². The first-order valence-electron chi connectivity index (χ1n) is 12.3. The van der Waals surface area contributed by atoms with E-state index in [1.54, 1.807) is 0 Å². The van der Waals surface area contributed by atoms with Crippen LogP contribution in [-0.4, -0.2) is 5.97 Å². The maximum absolute atomic E-state index is 13.1. The molecule has 2 fully saturated rings. The third kappa shape index (κ3) is 3.43. The maximum Gasteiger partial charge on any atom is 0.315 e. The van der Waals surface area contributed by atoms with Gasteiger partial charge in [0.15, 0.2) is 0 Å². The lowest BCUT2D eigenvalue weighted by Gasteiger charge is -2.52. The summed E-state index contributed by atoms with van der Waals surface area (Å²) in [5.41, 5.74) is 3.04. The summed E-state index contributed by atoms with van der Waals surface area (Å²) in [6.45, 7) is 16.2. The molecule has 0 unspecified atom stereocenters. The molecule has 2 nitrogen and oxygen atoms in total. The van der Waals surface area contributed by atoms with Gasteiger partial charge in [-0.15, -0.1) is 0 Å². The van der Waals surface area contributed by atoms with Gasteiger partial charge in [0.25, 0.3) is 0 Å². The summed E-state index contributed by atoms with van der Waals surface area (Å²) in [6.07, 6.45) is 11.9. The van der Waals surface area contributed by atoms with Gasteiger partial charge in [-0.2, -0.15) is 0 Å². The van der Waals surface area contributed by atoms with E-state index < -0.39 is 0 Å². The van der Waals surface area contributed by atoms with Crippen LogP contribution in [0.5, 0.6) is 0 Å². The van der Waals surface area contributed by atoms with Crippen molar-refractivity contribution in [2.75, 3.05) is 0 Å². The quantitative estimate of drug-likeness (QED) is 0.355. The summed E-state index contributed by atoms with van der Waals surface area (Å²) in [4.78, 5) is 13.1. The minimum atomic E-state index is -0.000914. The summed E-state index contributed by atoms with van der Waals surface area (Å²) in [5, 5.41) is 0. The van der Waals surface area contributed by atoms with Crippen molar-refractivity contribution in [2.24, 2.45) is 40.4 Å². The molecule has 0 aromatic heterocycles. The smallest absolute Gasteiger partial charge is 0.315 e. The van der Waals surface area contributed by atoms with E-state index in [9.17, 15) is 4.79 Å². The molecule has 0 aromatic rings. The Morgan fingerprint density at radius 3 is 2.55 bits per heavy atom. The van der Waals surface area contributed by atoms with Crippen molar-refractivity contribution in [3.8, 4) is 0 Å². The van der Waals surface area contributed by atoms with Crippen molar-refractivity contribution in [1.29, 1.82) is 0 Å². The topological polar surface area (TPSA) is 26.3 Å². The van der Waals surface area contributed by atoms with Crippen molar-refractivity contribution in [3.63, 3.8) is 0 Å². The predicted octanol–water partition coefficient (Wildman–Crippen LogP) is 7.45. The summed E-state index contributed by atoms with van der Waals surface area (Å²) >= 11 is 0. The molecule has 162 valence electrons. The molecule has 0 N–H and O–H groups in total. The van der Waals surface area contributed by atoms with Crippen molar-refractivity contribution >= 4 is 5.97 Å². The van der Waals surface area contributed by atoms with Gasteiger partial charge >= 0.3 is 5.97 Å². The molecule has 0 amide bonds. The molecule has 1 aliphatic heterocycles. The number of carbonyl (C=O) groups excluding carboxylic acids is 1. The molecule has 2 heteroatoms. The van der Waals surface area contributed by atoms with E-state index in [0.29, 0.717) is 11.3 Å². The first-order chi connectivity index (χ1) is 13.7. The van der Waals surface area contributed by atoms with Gasteiger partial charge in [0.2, 0.25) is 0 Å². The standard InChI is InChI=1S/C27H42O2/c1-17(2)8-7-9-19(4)20-10-11-21-24-22(13-15-26(20,21)5)27(6)14-12-18(3)16-23(27)25(28)29-24/h17,19-21,23H,3,7-16H2,1-2,4-6H3/t19-,20-,21+,23+,26-,27-/m1/s1. The van der Waals surface area contributed by atoms with Gasteiger partial charge in [-0.3, -0.25) is 4.79 Å². The number of carbonyl (C=O) groups is 1. The van der Waals surface area contributed by atoms with E-state index >= 15 is 0 Å². The Balaban J connectivity index is 1.57. The second-order valence-corrected chi connectivity index (χ2v) is 11.7. The molecule has 1 heterocycles. The Hall–Kier alpha value is -1.05. The Morgan fingerprint density at radius 1 is 1.07 bits per heavy atom. The SMILES string of the molecule is C=C1CC[C@]2(C)C3=C(OC(=O)[C@@H]2C1)[C@@H]1CC[C@H]([C@H](C)CCCC(C)C)[C@@]1(C)CC3. The molecule has 0 spiro atoms. The summed E-state index contributed by atoms with van der Waals surface area (Å²) in [7, 11) is 0. The summed E-state index contributed by atoms with van der Waals surface area (Å²) < 4.78 is 6.19. The van der Waals surface area contributed by atoms with Crippen LogP contribution in [0.2, 0.25) is 0 Å². The van der Waals surface area contributed by atoms with Crippen LogP contribution in [0, 0.1) is 40.4 Å². The fourth-order valence-corrected chi connectivity index (χ4v) is 7.58. The van der Waals surface area contributed by atoms with Crippen molar-refractivity contribution < 1.29 is 9.53 Å². The van der Waals surface area contributed by atoms with Gasteiger partial charge in [-0.1, -0.05) is 66.0 Å². The van der Waals surface area contributed by atoms with Crippen LogP contribution in [0.15, 0.2) is 23.5 Å². The van der Waals surface area contributed by atoms with Crippen LogP contribution in [-0.2, 0) is 9.53 Å². The molecular formula is C27H42O2. The lowest BCUT2D eigenvalue weighted by Crippen LogP contribution is -2.48. The van der Waals surface area contributed by atoms with E-state index in [1.807, 2.05) is 0 Å². The zero-order chi connectivity index (χ0) is 21.0. The minimum absolute atomic E-state index is 0.000914. The maximum atomic E-state index is 13.1. The second kappa shape index (κ2) is 7.57. The number of allylic oxidation sites excluding steroid dienone is 3. The van der Waals surface area contributed by atoms with Crippen LogP contribution in [0.3, 0.4) is 0 Å². The Bertz CT molecular complexity index is 716. The van der Waals surface area contributed by atoms with Crippen LogP contribution in [0.25, 0.3) is 0 Å². The molecule has 0 bridgehead atoms. The van der Waals surface area contributed by atoms with Crippen LogP contribution < -0.4 is 0 Å². The third-order valence-corrected chi connectivity index (χ3v) is 9.51. The highest BCUT2D eigenvalue weighted by Crippen LogP contribution is 2.65. The first-order valence-corrected chi connectivity index (χ1v) is 12.3. The molecule has 29 heavy (non-hydrogen) atoms. The highest BCUT2D eigenvalue weighted by molar-refractivity contribution is 5.78. The van der Waals surface area contributed by atoms with Gasteiger partial charge in [0.05, 0.1) is 5.92 Å². The summed E-state index contributed by atoms with van der Waals surface area (Å²) in [6, 6.07) is 0. The fourth-order valence-electron chi connectivity index (χ4n) is 7.58. The highest BCUT2D eigenvalue weighted by Gasteiger charge is 2.58. The van der Waals surface area contributed by atoms with E-state index in [0.717, 1.165) is 49.2 Å². The molecule has 0 radical (unpaired) electrons. The van der Waals surface area contributed by atoms with E-state index in [1.165, 1.54) is 49.7 Å². The van der Waals surface area contributed by atoms with Crippen LogP contribution in [0.4, 0.5) is 0 Å². The van der Waals surface area contributed by atoms with Gasteiger partial charge in [0, 0.05) is 11.3 Å². The molecule has 2 saturated carbocycles. The van der Waals surface area contributed by atoms with Crippen LogP contribution >= 0.6 is 0 Å². The number of esters is 1. The zero-order valence-electron chi connectivity index (χ0n) is 19.5. The molecule has 6 atom stereocenters. The average Bonchev–Trinajstić information content (AvgIpc) is 3.00. The number of hydrogen-bond donors (Lipinski definition) is 0. The molecule has 0 saturated heterocycles. The van der Waals surface area contributed by atoms with Gasteiger partial charge < -0.3 is 4.74 Å². The van der Waals surface area contributed by atoms with Gasteiger partial charge in [-0.25, -0.2) is 0 Å². The monoisotopic (exact) mass is 398 g/mol. The number of fused-ring (bicyclic) bond motifs is 4. The van der Waals surface area contributed by atoms with Crippen molar-refractivity contribution in [2.45, 2.75) is 98.8 Å². The highest BCUT2D eigenvalue weighted by atomic mass is 16.5. The van der Waals surface area contributed by atoms with Crippen molar-refractivity contribution in [1.82, 2.24) is 0 Å². The fraction of sp³-hybridized carbons (Fsp3) is 0.815. The lowest BCUT2D eigenvalue weighted by molar-refractivity contribution is -0.155. The number of ether oxygens (including phenoxy) is 1. The molecule has 0 aromatic carbocycles. The van der Waals surface area contributed by atoms with E-state index in [-0.39, 0.29) is 17.3 Å². The molecule has 4 rings (SSSR count). The lowest BCUT2D eigenvalue weighted by atomic mass is 9.54. The Morgan fingerprint density at radius 2 is 1.83 bits per heavy atom. The third-order valence-electron chi connectivity index (χ3n) is 9.51. The van der Waals surface area contributed by atoms with E-state index in [2.05, 4.69) is 41.2 Å². The predicted molar refractivity (Wildman–Crippen MR) is 119 cm³/mol. The molecule has 3 aliphatic carbocycles. The number of rotatable bonds is 5. The number of hydrogen-bond acceptors (Lipinski definition) is 2. The van der Waals surface area contributed by atoms with Gasteiger partial charge in [-0.05, 0) is 73.7 Å². The average molecular weight is 399 g/mol. The first kappa shape index (κ1) is 21.2. The van der Waals surface area contributed by atoms with E-state index in [4.69, 9.17) is 4.74 Å². The second-order valence-electron chi connectivity index (χ2n) is 11.7. The molecule has 4 aliphatic rings. The Kier molecular flexibility index (Phi) is 5.53. The zero-order valence-corrected chi connectivity index (χ0v) is 19.5. The molecular weight excluding hydrogens is 356 g/mol. The van der Waals surface area contributed by atoms with Crippen molar-refractivity contribution in [3.05, 3.63) is 23.5 Å². The summed E-state index contributed by atoms with van der Waals surface area (Å²) in [5.74, 6) is 3.94.